The van der Waals surface area contributed by atoms with Crippen molar-refractivity contribution in [2.75, 3.05) is 12.0 Å². The Morgan fingerprint density at radius 3 is 2.33 bits per heavy atom. The molecule has 0 saturated carbocycles. The van der Waals surface area contributed by atoms with Crippen LogP contribution < -0.4 is 5.73 Å². The first-order valence-electron chi connectivity index (χ1n) is 3.85. The molecule has 0 aliphatic heterocycles. The molecule has 12 heavy (non-hydrogen) atoms. The first kappa shape index (κ1) is 9.45. The number of nitrogen functional groups attached to an aromatic ring is 1. The fourth-order valence-electron chi connectivity index (χ4n) is 1.03. The molecular formula is C8H15N3S. The van der Waals surface area contributed by atoms with Crippen molar-refractivity contribution in [1.29, 1.82) is 0 Å². The van der Waals surface area contributed by atoms with Crippen LogP contribution in [-0.2, 0) is 5.54 Å². The van der Waals surface area contributed by atoms with E-state index in [-0.39, 0.29) is 5.54 Å². The van der Waals surface area contributed by atoms with Gasteiger partial charge in [-0.1, -0.05) is 0 Å². The maximum absolute atomic E-state index is 5.88. The molecule has 0 amide bonds. The minimum atomic E-state index is -0.0297. The highest BCUT2D eigenvalue weighted by atomic mass is 32.2. The molecule has 1 heterocycles. The van der Waals surface area contributed by atoms with Crippen LogP contribution in [0.4, 0.5) is 5.82 Å². The monoisotopic (exact) mass is 185 g/mol. The fourth-order valence-corrected chi connectivity index (χ4v) is 1.48. The van der Waals surface area contributed by atoms with Gasteiger partial charge >= 0.3 is 0 Å². The lowest BCUT2D eigenvalue weighted by atomic mass is 10.1. The maximum Gasteiger partial charge on any atom is 0.136 e. The van der Waals surface area contributed by atoms with Crippen LogP contribution in [0.1, 0.15) is 20.8 Å². The van der Waals surface area contributed by atoms with E-state index >= 15 is 0 Å². The van der Waals surface area contributed by atoms with Gasteiger partial charge in [0.15, 0.2) is 0 Å². The third kappa shape index (κ3) is 1.58. The number of aromatic nitrogens is 2. The summed E-state index contributed by atoms with van der Waals surface area (Å²) in [6.45, 7) is 6.25. The lowest BCUT2D eigenvalue weighted by Crippen LogP contribution is -2.24. The van der Waals surface area contributed by atoms with Crippen LogP contribution in [0.3, 0.4) is 0 Å². The Hall–Kier alpha value is -0.640. The molecule has 0 aliphatic rings. The maximum atomic E-state index is 5.88. The predicted molar refractivity (Wildman–Crippen MR) is 53.4 cm³/mol. The van der Waals surface area contributed by atoms with Gasteiger partial charge in [0.05, 0.1) is 16.6 Å². The topological polar surface area (TPSA) is 43.8 Å². The Labute approximate surface area is 77.3 Å². The number of hydrogen-bond acceptors (Lipinski definition) is 3. The summed E-state index contributed by atoms with van der Waals surface area (Å²) in [5, 5.41) is 4.23. The average Bonchev–Trinajstić information content (AvgIpc) is 2.29. The Kier molecular flexibility index (Phi) is 2.37. The van der Waals surface area contributed by atoms with Gasteiger partial charge in [-0.3, -0.25) is 0 Å². The molecule has 0 radical (unpaired) electrons. The van der Waals surface area contributed by atoms with Crippen LogP contribution in [0, 0.1) is 0 Å². The molecule has 0 spiro atoms. The molecule has 3 nitrogen and oxygen atoms in total. The van der Waals surface area contributed by atoms with Crippen molar-refractivity contribution in [1.82, 2.24) is 9.78 Å². The molecule has 4 heteroatoms. The van der Waals surface area contributed by atoms with Crippen molar-refractivity contribution in [3.05, 3.63) is 6.20 Å². The number of nitrogens with zero attached hydrogens (tertiary/aromatic N) is 2. The second-order valence-corrected chi connectivity index (χ2v) is 4.53. The van der Waals surface area contributed by atoms with E-state index in [1.54, 1.807) is 11.8 Å². The van der Waals surface area contributed by atoms with Crippen molar-refractivity contribution >= 4 is 17.6 Å². The van der Waals surface area contributed by atoms with Gasteiger partial charge in [0.2, 0.25) is 0 Å². The van der Waals surface area contributed by atoms with E-state index < -0.39 is 0 Å². The molecular weight excluding hydrogens is 170 g/mol. The van der Waals surface area contributed by atoms with Crippen LogP contribution in [0.2, 0.25) is 0 Å². The molecule has 68 valence electrons. The zero-order chi connectivity index (χ0) is 9.35. The molecule has 0 saturated heterocycles. The highest BCUT2D eigenvalue weighted by Crippen LogP contribution is 2.26. The Bertz CT molecular complexity index is 272. The molecule has 0 unspecified atom stereocenters. The fraction of sp³-hybridized carbons (Fsp3) is 0.625. The normalized spacial score (nSPS) is 12.0. The summed E-state index contributed by atoms with van der Waals surface area (Å²) < 4.78 is 1.85. The molecule has 1 aromatic heterocycles. The molecule has 0 aliphatic carbocycles. The van der Waals surface area contributed by atoms with Crippen molar-refractivity contribution in [2.24, 2.45) is 0 Å². The lowest BCUT2D eigenvalue weighted by Gasteiger charge is -2.20. The SMILES string of the molecule is CSc1cnn(C(C)(C)C)c1N. The van der Waals surface area contributed by atoms with Gasteiger partial charge in [0.25, 0.3) is 0 Å². The number of nitrogens with two attached hydrogens (primary N) is 1. The van der Waals surface area contributed by atoms with E-state index in [0.29, 0.717) is 0 Å². The summed E-state index contributed by atoms with van der Waals surface area (Å²) in [7, 11) is 0. The van der Waals surface area contributed by atoms with E-state index in [1.807, 2.05) is 17.1 Å². The minimum Gasteiger partial charge on any atom is -0.383 e. The van der Waals surface area contributed by atoms with Gasteiger partial charge in [-0.2, -0.15) is 5.10 Å². The average molecular weight is 185 g/mol. The van der Waals surface area contributed by atoms with Crippen molar-refractivity contribution in [3.63, 3.8) is 0 Å². The van der Waals surface area contributed by atoms with Gasteiger partial charge in [-0.05, 0) is 27.0 Å². The molecule has 0 aromatic carbocycles. The third-order valence-electron chi connectivity index (χ3n) is 1.63. The molecule has 1 aromatic rings. The number of hydrogen-bond donors (Lipinski definition) is 1. The Balaban J connectivity index is 3.11. The summed E-state index contributed by atoms with van der Waals surface area (Å²) in [5.74, 6) is 0.759. The molecule has 0 bridgehead atoms. The number of thioether (sulfide) groups is 1. The minimum absolute atomic E-state index is 0.0297. The molecule has 1 rings (SSSR count). The van der Waals surface area contributed by atoms with Gasteiger partial charge < -0.3 is 5.73 Å². The van der Waals surface area contributed by atoms with Crippen LogP contribution in [-0.4, -0.2) is 16.0 Å². The molecule has 2 N–H and O–H groups in total. The predicted octanol–water partition coefficient (Wildman–Crippen LogP) is 1.94. The molecule has 0 fully saturated rings. The van der Waals surface area contributed by atoms with E-state index in [0.717, 1.165) is 10.7 Å². The van der Waals surface area contributed by atoms with Crippen LogP contribution in [0.25, 0.3) is 0 Å². The highest BCUT2D eigenvalue weighted by Gasteiger charge is 2.18. The largest absolute Gasteiger partial charge is 0.383 e. The summed E-state index contributed by atoms with van der Waals surface area (Å²) >= 11 is 1.62. The van der Waals surface area contributed by atoms with Crippen molar-refractivity contribution in [3.8, 4) is 0 Å². The van der Waals surface area contributed by atoms with E-state index in [9.17, 15) is 0 Å². The van der Waals surface area contributed by atoms with Crippen LogP contribution >= 0.6 is 11.8 Å². The molecule has 0 atom stereocenters. The number of rotatable bonds is 1. The van der Waals surface area contributed by atoms with Gasteiger partial charge in [0, 0.05) is 0 Å². The zero-order valence-corrected chi connectivity index (χ0v) is 8.77. The first-order chi connectivity index (χ1) is 5.46. The quantitative estimate of drug-likeness (QED) is 0.680. The lowest BCUT2D eigenvalue weighted by molar-refractivity contribution is 0.361. The Morgan fingerprint density at radius 1 is 1.50 bits per heavy atom. The highest BCUT2D eigenvalue weighted by molar-refractivity contribution is 7.98. The smallest absolute Gasteiger partial charge is 0.136 e. The van der Waals surface area contributed by atoms with Crippen molar-refractivity contribution in [2.45, 2.75) is 31.2 Å². The first-order valence-corrected chi connectivity index (χ1v) is 5.07. The standard InChI is InChI=1S/C8H15N3S/c1-8(2,3)11-7(9)6(12-4)5-10-11/h5H,9H2,1-4H3. The van der Waals surface area contributed by atoms with E-state index in [4.69, 9.17) is 5.73 Å². The van der Waals surface area contributed by atoms with Crippen LogP contribution in [0.15, 0.2) is 11.1 Å². The summed E-state index contributed by atoms with van der Waals surface area (Å²) in [6.07, 6.45) is 3.81. The van der Waals surface area contributed by atoms with Crippen LogP contribution in [0.5, 0.6) is 0 Å². The second kappa shape index (κ2) is 3.01. The summed E-state index contributed by atoms with van der Waals surface area (Å²) in [5.41, 5.74) is 5.85. The van der Waals surface area contributed by atoms with E-state index in [2.05, 4.69) is 25.9 Å². The van der Waals surface area contributed by atoms with Crippen molar-refractivity contribution < 1.29 is 0 Å². The van der Waals surface area contributed by atoms with Gasteiger partial charge in [-0.15, -0.1) is 11.8 Å². The van der Waals surface area contributed by atoms with Gasteiger partial charge in [0.1, 0.15) is 5.82 Å². The van der Waals surface area contributed by atoms with Gasteiger partial charge in [-0.25, -0.2) is 4.68 Å². The third-order valence-corrected chi connectivity index (χ3v) is 2.38. The Morgan fingerprint density at radius 2 is 2.08 bits per heavy atom. The van der Waals surface area contributed by atoms with E-state index in [1.165, 1.54) is 0 Å². The summed E-state index contributed by atoms with van der Waals surface area (Å²) in [4.78, 5) is 1.05. The number of anilines is 1. The zero-order valence-electron chi connectivity index (χ0n) is 7.96. The summed E-state index contributed by atoms with van der Waals surface area (Å²) in [6, 6.07) is 0. The second-order valence-electron chi connectivity index (χ2n) is 3.68.